The molecule has 1 heterocycles. The molecule has 1 aliphatic heterocycles. The van der Waals surface area contributed by atoms with E-state index in [1.165, 1.54) is 6.92 Å². The lowest BCUT2D eigenvalue weighted by Crippen LogP contribution is -2.26. The fourth-order valence-electron chi connectivity index (χ4n) is 1.60. The van der Waals surface area contributed by atoms with E-state index in [-0.39, 0.29) is 5.91 Å². The van der Waals surface area contributed by atoms with E-state index < -0.39 is 0 Å². The molecule has 17 heavy (non-hydrogen) atoms. The van der Waals surface area contributed by atoms with Gasteiger partial charge < -0.3 is 20.1 Å². The van der Waals surface area contributed by atoms with Crippen LogP contribution in [0.15, 0.2) is 18.2 Å². The zero-order chi connectivity index (χ0) is 12.1. The van der Waals surface area contributed by atoms with Gasteiger partial charge in [0, 0.05) is 31.8 Å². The molecule has 5 heteroatoms. The highest BCUT2D eigenvalue weighted by atomic mass is 16.6. The van der Waals surface area contributed by atoms with Crippen molar-refractivity contribution in [3.8, 4) is 11.5 Å². The van der Waals surface area contributed by atoms with Crippen molar-refractivity contribution in [3.63, 3.8) is 0 Å². The smallest absolute Gasteiger partial charge is 0.216 e. The first-order valence-corrected chi connectivity index (χ1v) is 5.63. The molecule has 2 rings (SSSR count). The molecule has 1 amide bonds. The van der Waals surface area contributed by atoms with Gasteiger partial charge in [0.1, 0.15) is 13.2 Å². The number of fused-ring (bicyclic) bond motifs is 1. The summed E-state index contributed by atoms with van der Waals surface area (Å²) in [6.45, 7) is 3.97. The number of ether oxygens (including phenoxy) is 2. The molecule has 0 bridgehead atoms. The third-order valence-electron chi connectivity index (χ3n) is 2.37. The van der Waals surface area contributed by atoms with Crippen LogP contribution in [0.4, 0.5) is 5.69 Å². The lowest BCUT2D eigenvalue weighted by Gasteiger charge is -2.19. The highest BCUT2D eigenvalue weighted by molar-refractivity contribution is 5.72. The Hall–Kier alpha value is -1.91. The Morgan fingerprint density at radius 3 is 2.76 bits per heavy atom. The molecule has 0 aliphatic carbocycles. The van der Waals surface area contributed by atoms with Crippen LogP contribution in [0.3, 0.4) is 0 Å². The SMILES string of the molecule is CC(=O)NCCNc1ccc2c(c1)OCCO2. The molecule has 0 saturated heterocycles. The van der Waals surface area contributed by atoms with Crippen LogP contribution in [-0.4, -0.2) is 32.2 Å². The lowest BCUT2D eigenvalue weighted by molar-refractivity contribution is -0.118. The van der Waals surface area contributed by atoms with Gasteiger partial charge in [0.15, 0.2) is 11.5 Å². The summed E-state index contributed by atoms with van der Waals surface area (Å²) in [4.78, 5) is 10.7. The van der Waals surface area contributed by atoms with Gasteiger partial charge in [-0.15, -0.1) is 0 Å². The van der Waals surface area contributed by atoms with Crippen LogP contribution in [0.2, 0.25) is 0 Å². The fraction of sp³-hybridized carbons (Fsp3) is 0.417. The maximum absolute atomic E-state index is 10.7. The first kappa shape index (κ1) is 11.6. The van der Waals surface area contributed by atoms with E-state index in [9.17, 15) is 4.79 Å². The van der Waals surface area contributed by atoms with Gasteiger partial charge in [0.2, 0.25) is 5.91 Å². The Morgan fingerprint density at radius 2 is 2.00 bits per heavy atom. The molecule has 1 aromatic rings. The van der Waals surface area contributed by atoms with E-state index in [1.54, 1.807) is 0 Å². The summed E-state index contributed by atoms with van der Waals surface area (Å²) in [5.41, 5.74) is 0.958. The Balaban J connectivity index is 1.86. The van der Waals surface area contributed by atoms with E-state index in [4.69, 9.17) is 9.47 Å². The number of hydrogen-bond donors (Lipinski definition) is 2. The second-order valence-corrected chi connectivity index (χ2v) is 3.77. The zero-order valence-electron chi connectivity index (χ0n) is 9.79. The van der Waals surface area contributed by atoms with Crippen LogP contribution in [-0.2, 0) is 4.79 Å². The molecule has 5 nitrogen and oxygen atoms in total. The summed E-state index contributed by atoms with van der Waals surface area (Å²) in [5.74, 6) is 1.53. The van der Waals surface area contributed by atoms with Crippen molar-refractivity contribution in [2.75, 3.05) is 31.6 Å². The largest absolute Gasteiger partial charge is 0.486 e. The molecule has 0 radical (unpaired) electrons. The fourth-order valence-corrected chi connectivity index (χ4v) is 1.60. The summed E-state index contributed by atoms with van der Waals surface area (Å²) in [7, 11) is 0. The van der Waals surface area contributed by atoms with Gasteiger partial charge in [-0.05, 0) is 12.1 Å². The van der Waals surface area contributed by atoms with Crippen LogP contribution in [0.1, 0.15) is 6.92 Å². The summed E-state index contributed by atoms with van der Waals surface area (Å²) >= 11 is 0. The van der Waals surface area contributed by atoms with E-state index in [1.807, 2.05) is 18.2 Å². The highest BCUT2D eigenvalue weighted by Crippen LogP contribution is 2.32. The quantitative estimate of drug-likeness (QED) is 0.766. The molecular formula is C12H16N2O3. The average Bonchev–Trinajstić information content (AvgIpc) is 2.34. The average molecular weight is 236 g/mol. The number of benzene rings is 1. The first-order valence-electron chi connectivity index (χ1n) is 5.63. The maximum atomic E-state index is 10.7. The zero-order valence-corrected chi connectivity index (χ0v) is 9.79. The van der Waals surface area contributed by atoms with Gasteiger partial charge in [-0.2, -0.15) is 0 Å². The summed E-state index contributed by atoms with van der Waals surface area (Å²) in [5, 5.41) is 5.92. The number of carbonyl (C=O) groups excluding carboxylic acids is 1. The van der Waals surface area contributed by atoms with Gasteiger partial charge in [-0.1, -0.05) is 0 Å². The number of anilines is 1. The minimum absolute atomic E-state index is 0.0195. The minimum Gasteiger partial charge on any atom is -0.486 e. The van der Waals surface area contributed by atoms with Crippen LogP contribution in [0, 0.1) is 0 Å². The molecular weight excluding hydrogens is 220 g/mol. The predicted octanol–water partition coefficient (Wildman–Crippen LogP) is 1.01. The number of carbonyl (C=O) groups is 1. The molecule has 0 saturated carbocycles. The Morgan fingerprint density at radius 1 is 1.24 bits per heavy atom. The van der Waals surface area contributed by atoms with Gasteiger partial charge in [0.25, 0.3) is 0 Å². The number of nitrogens with one attached hydrogen (secondary N) is 2. The molecule has 2 N–H and O–H groups in total. The first-order chi connectivity index (χ1) is 8.25. The highest BCUT2D eigenvalue weighted by Gasteiger charge is 2.11. The molecule has 1 aromatic carbocycles. The van der Waals surface area contributed by atoms with E-state index in [0.29, 0.717) is 26.3 Å². The van der Waals surface area contributed by atoms with Crippen molar-refractivity contribution in [2.45, 2.75) is 6.92 Å². The number of hydrogen-bond acceptors (Lipinski definition) is 4. The molecule has 0 aromatic heterocycles. The van der Waals surface area contributed by atoms with Crippen LogP contribution >= 0.6 is 0 Å². The second kappa shape index (κ2) is 5.43. The van der Waals surface area contributed by atoms with E-state index >= 15 is 0 Å². The normalized spacial score (nSPS) is 13.0. The van der Waals surface area contributed by atoms with Gasteiger partial charge >= 0.3 is 0 Å². The van der Waals surface area contributed by atoms with Crippen molar-refractivity contribution in [2.24, 2.45) is 0 Å². The molecule has 1 aliphatic rings. The Kier molecular flexibility index (Phi) is 3.69. The maximum Gasteiger partial charge on any atom is 0.216 e. The molecule has 0 spiro atoms. The standard InChI is InChI=1S/C12H16N2O3/c1-9(15)13-4-5-14-10-2-3-11-12(8-10)17-7-6-16-11/h2-3,8,14H,4-7H2,1H3,(H,13,15). The number of amides is 1. The van der Waals surface area contributed by atoms with Gasteiger partial charge in [-0.3, -0.25) is 4.79 Å². The summed E-state index contributed by atoms with van der Waals surface area (Å²) in [6.07, 6.45) is 0. The second-order valence-electron chi connectivity index (χ2n) is 3.77. The van der Waals surface area contributed by atoms with Crippen LogP contribution < -0.4 is 20.1 Å². The van der Waals surface area contributed by atoms with Crippen LogP contribution in [0.5, 0.6) is 11.5 Å². The predicted molar refractivity (Wildman–Crippen MR) is 64.6 cm³/mol. The molecule has 0 atom stereocenters. The van der Waals surface area contributed by atoms with Crippen molar-refractivity contribution < 1.29 is 14.3 Å². The Labute approximate surface area is 100 Å². The van der Waals surface area contributed by atoms with Crippen molar-refractivity contribution in [1.82, 2.24) is 5.32 Å². The van der Waals surface area contributed by atoms with E-state index in [2.05, 4.69) is 10.6 Å². The third-order valence-corrected chi connectivity index (χ3v) is 2.37. The van der Waals surface area contributed by atoms with Gasteiger partial charge in [-0.25, -0.2) is 0 Å². The van der Waals surface area contributed by atoms with Crippen molar-refractivity contribution in [3.05, 3.63) is 18.2 Å². The van der Waals surface area contributed by atoms with Crippen molar-refractivity contribution >= 4 is 11.6 Å². The monoisotopic (exact) mass is 236 g/mol. The minimum atomic E-state index is -0.0195. The lowest BCUT2D eigenvalue weighted by atomic mass is 10.2. The molecule has 0 unspecified atom stereocenters. The Bertz CT molecular complexity index is 407. The molecule has 0 fully saturated rings. The summed E-state index contributed by atoms with van der Waals surface area (Å²) in [6, 6.07) is 5.72. The topological polar surface area (TPSA) is 59.6 Å². The van der Waals surface area contributed by atoms with Crippen LogP contribution in [0.25, 0.3) is 0 Å². The summed E-state index contributed by atoms with van der Waals surface area (Å²) < 4.78 is 10.9. The number of rotatable bonds is 4. The van der Waals surface area contributed by atoms with Crippen molar-refractivity contribution in [1.29, 1.82) is 0 Å². The molecule has 92 valence electrons. The van der Waals surface area contributed by atoms with Gasteiger partial charge in [0.05, 0.1) is 0 Å². The third kappa shape index (κ3) is 3.27. The van der Waals surface area contributed by atoms with E-state index in [0.717, 1.165) is 17.2 Å².